The van der Waals surface area contributed by atoms with Crippen molar-refractivity contribution in [2.45, 2.75) is 19.4 Å². The summed E-state index contributed by atoms with van der Waals surface area (Å²) in [6.45, 7) is 1.42. The van der Waals surface area contributed by atoms with Crippen molar-refractivity contribution < 1.29 is 4.79 Å². The van der Waals surface area contributed by atoms with Gasteiger partial charge in [-0.05, 0) is 43.7 Å². The molecule has 138 valence electrons. The molecule has 0 radical (unpaired) electrons. The maximum Gasteiger partial charge on any atom is 0.258 e. The lowest BCUT2D eigenvalue weighted by atomic mass is 10.0. The number of carbonyl (C=O) groups excluding carboxylic acids is 1. The summed E-state index contributed by atoms with van der Waals surface area (Å²) in [4.78, 5) is 36.1. The van der Waals surface area contributed by atoms with E-state index >= 15 is 0 Å². The third-order valence-corrected chi connectivity index (χ3v) is 4.90. The predicted octanol–water partition coefficient (Wildman–Crippen LogP) is 2.33. The Bertz CT molecular complexity index is 1040. The molecule has 3 aromatic rings. The van der Waals surface area contributed by atoms with Crippen LogP contribution in [0.15, 0.2) is 53.3 Å². The maximum atomic E-state index is 12.8. The van der Waals surface area contributed by atoms with Crippen molar-refractivity contribution in [2.24, 2.45) is 0 Å². The summed E-state index contributed by atoms with van der Waals surface area (Å²) >= 11 is 0. The molecule has 6 heteroatoms. The van der Waals surface area contributed by atoms with E-state index in [9.17, 15) is 9.59 Å². The Labute approximate surface area is 157 Å². The third kappa shape index (κ3) is 3.61. The average molecular weight is 362 g/mol. The van der Waals surface area contributed by atoms with Gasteiger partial charge >= 0.3 is 0 Å². The number of para-hydroxylation sites is 2. The topological polar surface area (TPSA) is 69.3 Å². The fraction of sp³-hybridized carbons (Fsp3) is 0.286. The molecule has 1 aliphatic heterocycles. The molecule has 2 aromatic carbocycles. The summed E-state index contributed by atoms with van der Waals surface area (Å²) in [7, 11) is 1.86. The second-order valence-corrected chi connectivity index (χ2v) is 6.98. The van der Waals surface area contributed by atoms with Gasteiger partial charge in [0.25, 0.3) is 5.56 Å². The Hall–Kier alpha value is -2.99. The number of anilines is 1. The minimum absolute atomic E-state index is 0.0628. The van der Waals surface area contributed by atoms with Crippen LogP contribution in [0.2, 0.25) is 0 Å². The standard InChI is InChI=1S/C21H22N4O2/c1-24(13-19-22-17-10-4-3-9-16(17)21(27)23-19)14-20(26)25-12-6-8-15-7-2-5-11-18(15)25/h2-5,7,9-11H,6,8,12-14H2,1H3,(H,22,23,27). The van der Waals surface area contributed by atoms with Gasteiger partial charge in [-0.15, -0.1) is 0 Å². The van der Waals surface area contributed by atoms with Crippen molar-refractivity contribution in [3.63, 3.8) is 0 Å². The van der Waals surface area contributed by atoms with E-state index in [1.807, 2.05) is 53.2 Å². The SMILES string of the molecule is CN(CC(=O)N1CCCc2ccccc21)Cc1nc2ccccc2c(=O)[nH]1. The van der Waals surface area contributed by atoms with Crippen molar-refractivity contribution in [2.75, 3.05) is 25.0 Å². The van der Waals surface area contributed by atoms with Crippen molar-refractivity contribution in [3.05, 3.63) is 70.3 Å². The number of nitrogens with one attached hydrogen (secondary N) is 1. The van der Waals surface area contributed by atoms with E-state index < -0.39 is 0 Å². The highest BCUT2D eigenvalue weighted by Crippen LogP contribution is 2.26. The number of aromatic amines is 1. The van der Waals surface area contributed by atoms with Gasteiger partial charge in [-0.25, -0.2) is 4.98 Å². The Morgan fingerprint density at radius 3 is 2.85 bits per heavy atom. The van der Waals surface area contributed by atoms with Crippen molar-refractivity contribution in [1.82, 2.24) is 14.9 Å². The van der Waals surface area contributed by atoms with Crippen LogP contribution in [-0.4, -0.2) is 40.9 Å². The largest absolute Gasteiger partial charge is 0.311 e. The van der Waals surface area contributed by atoms with Gasteiger partial charge in [-0.1, -0.05) is 30.3 Å². The van der Waals surface area contributed by atoms with Crippen molar-refractivity contribution >= 4 is 22.5 Å². The molecule has 1 aromatic heterocycles. The van der Waals surface area contributed by atoms with Crippen molar-refractivity contribution in [1.29, 1.82) is 0 Å². The fourth-order valence-corrected chi connectivity index (χ4v) is 3.63. The van der Waals surface area contributed by atoms with Crippen LogP contribution in [0, 0.1) is 0 Å². The molecule has 0 saturated carbocycles. The van der Waals surface area contributed by atoms with Gasteiger partial charge in [-0.3, -0.25) is 14.5 Å². The van der Waals surface area contributed by atoms with Crippen LogP contribution in [0.1, 0.15) is 17.8 Å². The first-order chi connectivity index (χ1) is 13.1. The first-order valence-corrected chi connectivity index (χ1v) is 9.16. The zero-order valence-electron chi connectivity index (χ0n) is 15.3. The molecule has 4 rings (SSSR count). The lowest BCUT2D eigenvalue weighted by Crippen LogP contribution is -2.41. The van der Waals surface area contributed by atoms with Gasteiger partial charge in [-0.2, -0.15) is 0 Å². The number of aryl methyl sites for hydroxylation is 1. The summed E-state index contributed by atoms with van der Waals surface area (Å²) in [5, 5.41) is 0.574. The Morgan fingerprint density at radius 1 is 1.19 bits per heavy atom. The monoisotopic (exact) mass is 362 g/mol. The molecule has 0 bridgehead atoms. The number of fused-ring (bicyclic) bond motifs is 2. The second kappa shape index (κ2) is 7.32. The van der Waals surface area contributed by atoms with Gasteiger partial charge in [0.15, 0.2) is 0 Å². The number of rotatable bonds is 4. The van der Waals surface area contributed by atoms with Gasteiger partial charge < -0.3 is 9.88 Å². The lowest BCUT2D eigenvalue weighted by molar-refractivity contribution is -0.119. The Morgan fingerprint density at radius 2 is 1.96 bits per heavy atom. The summed E-state index contributed by atoms with van der Waals surface area (Å²) in [5.74, 6) is 0.626. The van der Waals surface area contributed by atoms with Crippen LogP contribution in [0.25, 0.3) is 10.9 Å². The number of hydrogen-bond donors (Lipinski definition) is 1. The number of aromatic nitrogens is 2. The van der Waals surface area contributed by atoms with E-state index in [1.54, 1.807) is 6.07 Å². The van der Waals surface area contributed by atoms with E-state index in [0.29, 0.717) is 23.3 Å². The quantitative estimate of drug-likeness (QED) is 0.773. The second-order valence-electron chi connectivity index (χ2n) is 6.98. The van der Waals surface area contributed by atoms with Gasteiger partial charge in [0.1, 0.15) is 5.82 Å². The summed E-state index contributed by atoms with van der Waals surface area (Å²) < 4.78 is 0. The van der Waals surface area contributed by atoms with E-state index in [2.05, 4.69) is 16.0 Å². The third-order valence-electron chi connectivity index (χ3n) is 4.90. The summed E-state index contributed by atoms with van der Waals surface area (Å²) in [5.41, 5.74) is 2.75. The molecule has 6 nitrogen and oxygen atoms in total. The molecule has 27 heavy (non-hydrogen) atoms. The molecule has 1 N–H and O–H groups in total. The van der Waals surface area contributed by atoms with Crippen LogP contribution < -0.4 is 10.5 Å². The molecule has 0 saturated heterocycles. The van der Waals surface area contributed by atoms with Gasteiger partial charge in [0.2, 0.25) is 5.91 Å². The van der Waals surface area contributed by atoms with E-state index in [4.69, 9.17) is 0 Å². The highest BCUT2D eigenvalue weighted by molar-refractivity contribution is 5.95. The minimum atomic E-state index is -0.153. The molecule has 0 atom stereocenters. The first-order valence-electron chi connectivity index (χ1n) is 9.16. The van der Waals surface area contributed by atoms with E-state index in [-0.39, 0.29) is 18.0 Å². The Balaban J connectivity index is 1.48. The molecule has 1 aliphatic rings. The van der Waals surface area contributed by atoms with Crippen LogP contribution in [0.5, 0.6) is 0 Å². The number of amides is 1. The highest BCUT2D eigenvalue weighted by atomic mass is 16.2. The number of carbonyl (C=O) groups is 1. The molecule has 0 fully saturated rings. The minimum Gasteiger partial charge on any atom is -0.311 e. The number of hydrogen-bond acceptors (Lipinski definition) is 4. The molecule has 2 heterocycles. The van der Waals surface area contributed by atoms with Crippen LogP contribution in [0.4, 0.5) is 5.69 Å². The molecule has 1 amide bonds. The molecule has 0 unspecified atom stereocenters. The molecule has 0 aliphatic carbocycles. The smallest absolute Gasteiger partial charge is 0.258 e. The lowest BCUT2D eigenvalue weighted by Gasteiger charge is -2.30. The van der Waals surface area contributed by atoms with Crippen molar-refractivity contribution in [3.8, 4) is 0 Å². The normalized spacial score (nSPS) is 13.8. The maximum absolute atomic E-state index is 12.8. The molecular formula is C21H22N4O2. The van der Waals surface area contributed by atoms with E-state index in [1.165, 1.54) is 5.56 Å². The molecule has 0 spiro atoms. The average Bonchev–Trinajstić information content (AvgIpc) is 2.67. The van der Waals surface area contributed by atoms with Crippen LogP contribution in [-0.2, 0) is 17.8 Å². The van der Waals surface area contributed by atoms with Crippen LogP contribution >= 0.6 is 0 Å². The zero-order valence-corrected chi connectivity index (χ0v) is 15.3. The van der Waals surface area contributed by atoms with Gasteiger partial charge in [0, 0.05) is 12.2 Å². The summed E-state index contributed by atoms with van der Waals surface area (Å²) in [6, 6.07) is 15.3. The predicted molar refractivity (Wildman–Crippen MR) is 106 cm³/mol. The summed E-state index contributed by atoms with van der Waals surface area (Å²) in [6.07, 6.45) is 1.99. The fourth-order valence-electron chi connectivity index (χ4n) is 3.63. The van der Waals surface area contributed by atoms with Crippen LogP contribution in [0.3, 0.4) is 0 Å². The first kappa shape index (κ1) is 17.4. The molecular weight excluding hydrogens is 340 g/mol. The Kier molecular flexibility index (Phi) is 4.73. The number of likely N-dealkylation sites (N-methyl/N-ethyl adjacent to an activating group) is 1. The van der Waals surface area contributed by atoms with Gasteiger partial charge in [0.05, 0.1) is 24.0 Å². The highest BCUT2D eigenvalue weighted by Gasteiger charge is 2.23. The zero-order chi connectivity index (χ0) is 18.8. The van der Waals surface area contributed by atoms with E-state index in [0.717, 1.165) is 25.1 Å². The number of benzene rings is 2. The number of nitrogens with zero attached hydrogens (tertiary/aromatic N) is 3. The number of H-pyrrole nitrogens is 1.